The molecule has 0 spiro atoms. The van der Waals surface area contributed by atoms with Crippen LogP contribution < -0.4 is 15.4 Å². The molecule has 1 aliphatic rings. The smallest absolute Gasteiger partial charge is 0.241 e. The Hall–Kier alpha value is -4.13. The number of amides is 1. The van der Waals surface area contributed by atoms with Gasteiger partial charge in [-0.05, 0) is 75.7 Å². The average molecular weight is 474 g/mol. The number of ether oxygens (including phenoxy) is 1. The third kappa shape index (κ3) is 4.89. The van der Waals surface area contributed by atoms with Gasteiger partial charge in [0.05, 0.1) is 23.8 Å². The van der Waals surface area contributed by atoms with Crippen LogP contribution in [0.25, 0.3) is 10.9 Å². The molecule has 1 aliphatic heterocycles. The lowest BCUT2D eigenvalue weighted by molar-refractivity contribution is -0.117. The van der Waals surface area contributed by atoms with E-state index in [2.05, 4.69) is 21.9 Å². The number of hydrogen-bond donors (Lipinski definition) is 2. The molecular formula is C26H27N5O4. The highest BCUT2D eigenvalue weighted by Gasteiger charge is 2.21. The summed E-state index contributed by atoms with van der Waals surface area (Å²) in [4.78, 5) is 12.3. The van der Waals surface area contributed by atoms with Crippen molar-refractivity contribution in [1.29, 1.82) is 5.26 Å². The highest BCUT2D eigenvalue weighted by molar-refractivity contribution is 5.95. The first-order valence-corrected chi connectivity index (χ1v) is 11.3. The van der Waals surface area contributed by atoms with Gasteiger partial charge in [-0.15, -0.1) is 0 Å². The lowest BCUT2D eigenvalue weighted by Crippen LogP contribution is -2.35. The first kappa shape index (κ1) is 24.0. The first-order chi connectivity index (χ1) is 16.5. The molecule has 2 aromatic carbocycles. The molecular weight excluding hydrogens is 446 g/mol. The van der Waals surface area contributed by atoms with Gasteiger partial charge in [0.15, 0.2) is 0 Å². The standard InChI is InChI=1S/C26H25N5O3.H2O/c1-16-23(17(2)34-30-16)15-31-14-18(13-27)22-12-21(9-10-25(22)31)33-20-7-5-19(6-8-20)29-26(32)24-4-3-11-28-24;/h5-10,12,14,24,28H,3-4,11,15H2,1-2H3,(H,29,32);1H2/t24-;/m0./s1. The summed E-state index contributed by atoms with van der Waals surface area (Å²) in [6.45, 7) is 5.26. The van der Waals surface area contributed by atoms with E-state index in [1.807, 2.05) is 67.1 Å². The number of nitrogens with zero attached hydrogens (tertiary/aromatic N) is 3. The Morgan fingerprint density at radius 1 is 1.26 bits per heavy atom. The molecule has 0 unspecified atom stereocenters. The molecule has 9 heteroatoms. The molecule has 4 N–H and O–H groups in total. The van der Waals surface area contributed by atoms with Crippen LogP contribution in [0.5, 0.6) is 11.5 Å². The van der Waals surface area contributed by atoms with Gasteiger partial charge in [-0.1, -0.05) is 5.16 Å². The number of hydrogen-bond acceptors (Lipinski definition) is 6. The van der Waals surface area contributed by atoms with E-state index in [9.17, 15) is 10.1 Å². The number of carbonyl (C=O) groups excluding carboxylic acids is 1. The quantitative estimate of drug-likeness (QED) is 0.437. The summed E-state index contributed by atoms with van der Waals surface area (Å²) in [5.41, 5.74) is 4.09. The van der Waals surface area contributed by atoms with E-state index >= 15 is 0 Å². The summed E-state index contributed by atoms with van der Waals surface area (Å²) >= 11 is 0. The van der Waals surface area contributed by atoms with Crippen molar-refractivity contribution in [2.75, 3.05) is 11.9 Å². The van der Waals surface area contributed by atoms with Crippen molar-refractivity contribution in [1.82, 2.24) is 15.0 Å². The van der Waals surface area contributed by atoms with Crippen LogP contribution in [0, 0.1) is 25.2 Å². The van der Waals surface area contributed by atoms with Gasteiger partial charge in [-0.2, -0.15) is 5.26 Å². The molecule has 0 bridgehead atoms. The van der Waals surface area contributed by atoms with Crippen LogP contribution in [0.2, 0.25) is 0 Å². The van der Waals surface area contributed by atoms with Crippen LogP contribution in [-0.2, 0) is 11.3 Å². The maximum Gasteiger partial charge on any atom is 0.241 e. The Kier molecular flexibility index (Phi) is 6.87. The average Bonchev–Trinajstić information content (AvgIpc) is 3.57. The molecule has 5 rings (SSSR count). The highest BCUT2D eigenvalue weighted by Crippen LogP contribution is 2.30. The number of anilines is 1. The molecule has 35 heavy (non-hydrogen) atoms. The van der Waals surface area contributed by atoms with Gasteiger partial charge >= 0.3 is 0 Å². The monoisotopic (exact) mass is 473 g/mol. The second-order valence-electron chi connectivity index (χ2n) is 8.53. The molecule has 0 radical (unpaired) electrons. The van der Waals surface area contributed by atoms with E-state index in [4.69, 9.17) is 9.26 Å². The Bertz CT molecular complexity index is 1370. The molecule has 3 heterocycles. The van der Waals surface area contributed by atoms with Crippen LogP contribution >= 0.6 is 0 Å². The largest absolute Gasteiger partial charge is 0.457 e. The van der Waals surface area contributed by atoms with Crippen molar-refractivity contribution in [3.05, 3.63) is 71.2 Å². The van der Waals surface area contributed by atoms with Crippen LogP contribution in [0.1, 0.15) is 35.4 Å². The molecule has 1 fully saturated rings. The molecule has 0 saturated carbocycles. The number of nitrogens with one attached hydrogen (secondary N) is 2. The fourth-order valence-electron chi connectivity index (χ4n) is 4.34. The minimum atomic E-state index is -0.123. The summed E-state index contributed by atoms with van der Waals surface area (Å²) in [7, 11) is 0. The van der Waals surface area contributed by atoms with Crippen molar-refractivity contribution < 1.29 is 19.5 Å². The number of nitriles is 1. The summed E-state index contributed by atoms with van der Waals surface area (Å²) in [6.07, 6.45) is 3.73. The molecule has 1 saturated heterocycles. The predicted molar refractivity (Wildman–Crippen MR) is 132 cm³/mol. The number of benzene rings is 2. The summed E-state index contributed by atoms with van der Waals surface area (Å²) in [5.74, 6) is 2.04. The van der Waals surface area contributed by atoms with Crippen LogP contribution in [-0.4, -0.2) is 33.7 Å². The highest BCUT2D eigenvalue weighted by atomic mass is 16.5. The van der Waals surface area contributed by atoms with Crippen LogP contribution in [0.15, 0.2) is 53.2 Å². The van der Waals surface area contributed by atoms with Crippen molar-refractivity contribution >= 4 is 22.5 Å². The van der Waals surface area contributed by atoms with Gasteiger partial charge in [0.2, 0.25) is 5.91 Å². The van der Waals surface area contributed by atoms with Crippen molar-refractivity contribution in [2.45, 2.75) is 39.3 Å². The van der Waals surface area contributed by atoms with Gasteiger partial charge in [-0.3, -0.25) is 4.79 Å². The number of carbonyl (C=O) groups is 1. The molecule has 9 nitrogen and oxygen atoms in total. The van der Waals surface area contributed by atoms with Gasteiger partial charge < -0.3 is 29.9 Å². The Labute approximate surface area is 202 Å². The minimum Gasteiger partial charge on any atom is -0.457 e. The molecule has 2 aromatic heterocycles. The molecule has 1 amide bonds. The van der Waals surface area contributed by atoms with Crippen LogP contribution in [0.4, 0.5) is 5.69 Å². The topological polar surface area (TPSA) is 137 Å². The SMILES string of the molecule is Cc1noc(C)c1Cn1cc(C#N)c2cc(Oc3ccc(NC(=O)[C@@H]4CCCN4)cc3)ccc21.O. The zero-order chi connectivity index (χ0) is 23.7. The lowest BCUT2D eigenvalue weighted by atomic mass is 10.2. The van der Waals surface area contributed by atoms with E-state index in [-0.39, 0.29) is 17.4 Å². The normalized spacial score (nSPS) is 14.9. The summed E-state index contributed by atoms with van der Waals surface area (Å²) in [5, 5.41) is 20.6. The second-order valence-corrected chi connectivity index (χ2v) is 8.53. The molecule has 1 atom stereocenters. The van der Waals surface area contributed by atoms with E-state index < -0.39 is 0 Å². The Morgan fingerprint density at radius 2 is 2.03 bits per heavy atom. The van der Waals surface area contributed by atoms with E-state index in [0.717, 1.165) is 53.0 Å². The van der Waals surface area contributed by atoms with Gasteiger partial charge in [0.1, 0.15) is 23.3 Å². The predicted octanol–water partition coefficient (Wildman–Crippen LogP) is 3.82. The van der Waals surface area contributed by atoms with E-state index in [1.54, 1.807) is 0 Å². The maximum atomic E-state index is 12.3. The maximum absolute atomic E-state index is 12.3. The molecule has 4 aromatic rings. The number of rotatable bonds is 6. The van der Waals surface area contributed by atoms with E-state index in [0.29, 0.717) is 23.6 Å². The second kappa shape index (κ2) is 10.0. The summed E-state index contributed by atoms with van der Waals surface area (Å²) in [6, 6.07) is 15.1. The van der Waals surface area contributed by atoms with Crippen molar-refractivity contribution in [3.8, 4) is 17.6 Å². The van der Waals surface area contributed by atoms with Crippen molar-refractivity contribution in [2.24, 2.45) is 0 Å². The van der Waals surface area contributed by atoms with Gasteiger partial charge in [-0.25, -0.2) is 0 Å². The third-order valence-electron chi connectivity index (χ3n) is 6.22. The zero-order valence-electron chi connectivity index (χ0n) is 19.6. The number of aromatic nitrogens is 2. The van der Waals surface area contributed by atoms with Gasteiger partial charge in [0.25, 0.3) is 0 Å². The molecule has 180 valence electrons. The van der Waals surface area contributed by atoms with Gasteiger partial charge in [0, 0.05) is 28.4 Å². The fraction of sp³-hybridized carbons (Fsp3) is 0.269. The van der Waals surface area contributed by atoms with Crippen molar-refractivity contribution in [3.63, 3.8) is 0 Å². The minimum absolute atomic E-state index is 0. The van der Waals surface area contributed by atoms with E-state index in [1.165, 1.54) is 0 Å². The third-order valence-corrected chi connectivity index (χ3v) is 6.22. The van der Waals surface area contributed by atoms with Crippen LogP contribution in [0.3, 0.4) is 0 Å². The molecule has 0 aliphatic carbocycles. The number of fused-ring (bicyclic) bond motifs is 1. The fourth-order valence-corrected chi connectivity index (χ4v) is 4.34. The first-order valence-electron chi connectivity index (χ1n) is 11.3. The summed E-state index contributed by atoms with van der Waals surface area (Å²) < 4.78 is 13.3. The Balaban J connectivity index is 0.00000289. The number of aryl methyl sites for hydroxylation is 2. The zero-order valence-corrected chi connectivity index (χ0v) is 19.6. The Morgan fingerprint density at radius 3 is 2.69 bits per heavy atom. The lowest BCUT2D eigenvalue weighted by Gasteiger charge is -2.12.